The van der Waals surface area contributed by atoms with E-state index in [1.165, 1.54) is 4.90 Å². The molecule has 1 atom stereocenters. The number of oxazole rings is 1. The average Bonchev–Trinajstić information content (AvgIpc) is 3.68. The molecular weight excluding hydrogens is 506 g/mol. The topological polar surface area (TPSA) is 124 Å². The van der Waals surface area contributed by atoms with Gasteiger partial charge in [0.15, 0.2) is 5.58 Å². The number of carbonyl (C=O) groups excluding carboxylic acids is 1. The van der Waals surface area contributed by atoms with E-state index in [2.05, 4.69) is 63.6 Å². The van der Waals surface area contributed by atoms with Gasteiger partial charge in [0.1, 0.15) is 5.52 Å². The molecule has 0 aliphatic carbocycles. The number of hydrogen-bond acceptors (Lipinski definition) is 8. The van der Waals surface area contributed by atoms with Gasteiger partial charge < -0.3 is 19.3 Å². The van der Waals surface area contributed by atoms with Crippen molar-refractivity contribution in [2.75, 3.05) is 31.6 Å². The van der Waals surface area contributed by atoms with Crippen LogP contribution in [-0.4, -0.2) is 68.3 Å². The number of aromatic nitrogens is 5. The van der Waals surface area contributed by atoms with Crippen LogP contribution < -0.4 is 4.90 Å². The van der Waals surface area contributed by atoms with Crippen LogP contribution in [0, 0.1) is 0 Å². The van der Waals surface area contributed by atoms with Crippen LogP contribution in [0.5, 0.6) is 0 Å². The summed E-state index contributed by atoms with van der Waals surface area (Å²) in [7, 11) is 1.66. The quantitative estimate of drug-likeness (QED) is 0.237. The number of unbranched alkanes of at least 4 members (excludes halogenated alkanes) is 1. The molecule has 206 valence electrons. The van der Waals surface area contributed by atoms with Crippen molar-refractivity contribution >= 4 is 23.0 Å². The second-order valence-corrected chi connectivity index (χ2v) is 9.72. The van der Waals surface area contributed by atoms with Crippen LogP contribution in [0.4, 0.5) is 6.01 Å². The Bertz CT molecular complexity index is 1560. The number of nitrogens with zero attached hydrogens (tertiary/aromatic N) is 6. The molecule has 0 bridgehead atoms. The number of amides is 1. The van der Waals surface area contributed by atoms with Gasteiger partial charge in [0, 0.05) is 25.7 Å². The highest BCUT2D eigenvalue weighted by molar-refractivity contribution is 6.04. The molecule has 1 amide bonds. The van der Waals surface area contributed by atoms with Crippen LogP contribution >= 0.6 is 0 Å². The smallest absolute Gasteiger partial charge is 0.298 e. The highest BCUT2D eigenvalue weighted by Crippen LogP contribution is 2.34. The summed E-state index contributed by atoms with van der Waals surface area (Å²) in [5, 5.41) is 23.8. The summed E-state index contributed by atoms with van der Waals surface area (Å²) in [6.45, 7) is 5.17. The molecule has 0 aliphatic heterocycles. The fraction of sp³-hybridized carbons (Fsp3) is 0.300. The van der Waals surface area contributed by atoms with Gasteiger partial charge >= 0.3 is 0 Å². The Labute approximate surface area is 232 Å². The summed E-state index contributed by atoms with van der Waals surface area (Å²) in [6.07, 6.45) is 1.98. The number of para-hydroxylation sites is 1. The van der Waals surface area contributed by atoms with E-state index in [-0.39, 0.29) is 25.1 Å². The van der Waals surface area contributed by atoms with E-state index in [4.69, 9.17) is 9.40 Å². The van der Waals surface area contributed by atoms with Crippen LogP contribution in [0.3, 0.4) is 0 Å². The third-order valence-electron chi connectivity index (χ3n) is 7.10. The molecule has 0 unspecified atom stereocenters. The average molecular weight is 540 g/mol. The zero-order valence-electron chi connectivity index (χ0n) is 22.9. The first-order valence-electron chi connectivity index (χ1n) is 13.5. The number of aliphatic hydroxyl groups excluding tert-OH is 1. The lowest BCUT2D eigenvalue weighted by Gasteiger charge is -2.28. The molecule has 0 aliphatic rings. The Morgan fingerprint density at radius 1 is 1.02 bits per heavy atom. The lowest BCUT2D eigenvalue weighted by atomic mass is 9.97. The molecule has 0 saturated carbocycles. The van der Waals surface area contributed by atoms with Gasteiger partial charge in [-0.1, -0.05) is 67.9 Å². The predicted molar refractivity (Wildman–Crippen MR) is 154 cm³/mol. The first-order valence-corrected chi connectivity index (χ1v) is 13.5. The number of anilines is 1. The van der Waals surface area contributed by atoms with E-state index in [9.17, 15) is 9.90 Å². The number of aliphatic hydroxyl groups is 1. The monoisotopic (exact) mass is 539 g/mol. The number of tetrazole rings is 1. The first-order chi connectivity index (χ1) is 19.5. The van der Waals surface area contributed by atoms with Crippen LogP contribution in [-0.2, 0) is 0 Å². The minimum atomic E-state index is -0.204. The molecule has 5 rings (SSSR count). The standard InChI is InChI=1S/C30H33N7O3/c1-4-5-17-37(30-31-27-25(11-8-12-26(27)40-30)29(39)36(3)18-19-38)20(2)21-13-15-22(16-14-21)23-9-6-7-10-24(23)28-32-34-35-33-28/h6-16,20,38H,4-5,17-19H2,1-3H3,(H,32,33,34,35)/t20-/m1/s1. The largest absolute Gasteiger partial charge is 0.423 e. The van der Waals surface area contributed by atoms with Crippen molar-refractivity contribution in [3.63, 3.8) is 0 Å². The molecule has 0 spiro atoms. The second kappa shape index (κ2) is 12.1. The van der Waals surface area contributed by atoms with E-state index in [0.717, 1.165) is 41.6 Å². The van der Waals surface area contributed by atoms with Crippen molar-refractivity contribution in [1.29, 1.82) is 0 Å². The van der Waals surface area contributed by atoms with Crippen LogP contribution in [0.25, 0.3) is 33.6 Å². The number of carbonyl (C=O) groups is 1. The zero-order valence-corrected chi connectivity index (χ0v) is 22.9. The number of aromatic amines is 1. The fourth-order valence-electron chi connectivity index (χ4n) is 4.80. The number of fused-ring (bicyclic) bond motifs is 1. The number of benzene rings is 3. The highest BCUT2D eigenvalue weighted by atomic mass is 16.4. The highest BCUT2D eigenvalue weighted by Gasteiger charge is 2.24. The molecule has 5 aromatic rings. The van der Waals surface area contributed by atoms with Gasteiger partial charge in [-0.25, -0.2) is 0 Å². The fourth-order valence-corrected chi connectivity index (χ4v) is 4.80. The lowest BCUT2D eigenvalue weighted by Crippen LogP contribution is -2.29. The molecule has 40 heavy (non-hydrogen) atoms. The predicted octanol–water partition coefficient (Wildman–Crippen LogP) is 5.11. The minimum absolute atomic E-state index is 0.0303. The van der Waals surface area contributed by atoms with E-state index in [0.29, 0.717) is 28.5 Å². The van der Waals surface area contributed by atoms with Gasteiger partial charge in [0.05, 0.1) is 18.2 Å². The molecule has 0 radical (unpaired) electrons. The maximum Gasteiger partial charge on any atom is 0.298 e. The lowest BCUT2D eigenvalue weighted by molar-refractivity contribution is 0.0768. The molecule has 2 aromatic heterocycles. The summed E-state index contributed by atoms with van der Waals surface area (Å²) >= 11 is 0. The van der Waals surface area contributed by atoms with Crippen LogP contribution in [0.2, 0.25) is 0 Å². The summed E-state index contributed by atoms with van der Waals surface area (Å²) in [5.41, 5.74) is 5.62. The van der Waals surface area contributed by atoms with Gasteiger partial charge in [0.2, 0.25) is 5.82 Å². The summed E-state index contributed by atoms with van der Waals surface area (Å²) in [4.78, 5) is 21.5. The SMILES string of the molecule is CCCCN(c1nc2c(C(=O)N(C)CCO)cccc2o1)[C@H](C)c1ccc(-c2ccccc2-c2nn[nH]n2)cc1. The van der Waals surface area contributed by atoms with Crippen molar-refractivity contribution < 1.29 is 14.3 Å². The Morgan fingerprint density at radius 2 is 1.80 bits per heavy atom. The van der Waals surface area contributed by atoms with E-state index >= 15 is 0 Å². The number of likely N-dealkylation sites (N-methyl/N-ethyl adjacent to an activating group) is 1. The molecule has 2 N–H and O–H groups in total. The Kier molecular flexibility index (Phi) is 8.16. The van der Waals surface area contributed by atoms with Gasteiger partial charge in [-0.15, -0.1) is 10.2 Å². The molecular formula is C30H33N7O3. The van der Waals surface area contributed by atoms with Crippen molar-refractivity contribution in [2.45, 2.75) is 32.7 Å². The van der Waals surface area contributed by atoms with E-state index in [1.807, 2.05) is 30.3 Å². The molecule has 10 heteroatoms. The van der Waals surface area contributed by atoms with Gasteiger partial charge in [-0.05, 0) is 47.4 Å². The van der Waals surface area contributed by atoms with Crippen molar-refractivity contribution in [1.82, 2.24) is 30.5 Å². The van der Waals surface area contributed by atoms with Crippen LogP contribution in [0.1, 0.15) is 48.7 Å². The van der Waals surface area contributed by atoms with Gasteiger partial charge in [-0.3, -0.25) is 4.79 Å². The number of H-pyrrole nitrogens is 1. The third kappa shape index (κ3) is 5.43. The van der Waals surface area contributed by atoms with E-state index < -0.39 is 0 Å². The molecule has 3 aromatic carbocycles. The summed E-state index contributed by atoms with van der Waals surface area (Å²) in [5.74, 6) is 0.347. The number of rotatable bonds is 11. The second-order valence-electron chi connectivity index (χ2n) is 9.72. The van der Waals surface area contributed by atoms with Crippen LogP contribution in [0.15, 0.2) is 71.1 Å². The Balaban J connectivity index is 1.46. The maximum absolute atomic E-state index is 13.0. The Hall–Kier alpha value is -4.57. The molecule has 10 nitrogen and oxygen atoms in total. The Morgan fingerprint density at radius 3 is 2.50 bits per heavy atom. The van der Waals surface area contributed by atoms with Crippen molar-refractivity contribution in [2.24, 2.45) is 0 Å². The molecule has 0 saturated heterocycles. The summed E-state index contributed by atoms with van der Waals surface area (Å²) in [6, 6.07) is 22.2. The van der Waals surface area contributed by atoms with Crippen molar-refractivity contribution in [3.05, 3.63) is 77.9 Å². The molecule has 2 heterocycles. The zero-order chi connectivity index (χ0) is 28.1. The van der Waals surface area contributed by atoms with E-state index in [1.54, 1.807) is 19.2 Å². The number of hydrogen-bond donors (Lipinski definition) is 2. The minimum Gasteiger partial charge on any atom is -0.423 e. The number of nitrogens with one attached hydrogen (secondary N) is 1. The van der Waals surface area contributed by atoms with Crippen molar-refractivity contribution in [3.8, 4) is 22.5 Å². The van der Waals surface area contributed by atoms with Gasteiger partial charge in [-0.2, -0.15) is 10.2 Å². The third-order valence-corrected chi connectivity index (χ3v) is 7.10. The normalized spacial score (nSPS) is 12.0. The molecule has 0 fully saturated rings. The summed E-state index contributed by atoms with van der Waals surface area (Å²) < 4.78 is 6.22. The maximum atomic E-state index is 13.0. The van der Waals surface area contributed by atoms with Gasteiger partial charge in [0.25, 0.3) is 11.9 Å². The first kappa shape index (κ1) is 27.0.